The van der Waals surface area contributed by atoms with Crippen LogP contribution in [0.25, 0.3) is 0 Å². The van der Waals surface area contributed by atoms with E-state index in [1.165, 1.54) is 5.56 Å². The lowest BCUT2D eigenvalue weighted by molar-refractivity contribution is -0.120. The van der Waals surface area contributed by atoms with Crippen molar-refractivity contribution in [3.63, 3.8) is 0 Å². The van der Waals surface area contributed by atoms with E-state index in [1.54, 1.807) is 0 Å². The maximum absolute atomic E-state index is 11.8. The Bertz CT molecular complexity index is 676. The monoisotopic (exact) mass is 295 g/mol. The number of fused-ring (bicyclic) bond motifs is 1. The molecule has 1 aliphatic heterocycles. The Hall–Kier alpha value is -2.29. The third-order valence-electron chi connectivity index (χ3n) is 4.33. The largest absolute Gasteiger partial charge is 0.485 e. The van der Waals surface area contributed by atoms with Crippen LogP contribution in [-0.4, -0.2) is 5.91 Å². The first-order valence-corrected chi connectivity index (χ1v) is 7.71. The maximum atomic E-state index is 11.8. The molecule has 0 saturated heterocycles. The van der Waals surface area contributed by atoms with Crippen molar-refractivity contribution in [3.05, 3.63) is 65.2 Å². The molecular formula is C19H21NO2. The highest BCUT2D eigenvalue weighted by Crippen LogP contribution is 2.41. The molecule has 0 aromatic heterocycles. The zero-order valence-electron chi connectivity index (χ0n) is 13.0. The number of hydrogen-bond acceptors (Lipinski definition) is 2. The lowest BCUT2D eigenvalue weighted by Crippen LogP contribution is -2.28. The predicted octanol–water partition coefficient (Wildman–Crippen LogP) is 3.90. The SMILES string of the molecule is CC(C)c1ccc(C2CC(C(N)=O)c3ccccc3O2)cc1. The number of carbonyl (C=O) groups excluding carboxylic acids is 1. The van der Waals surface area contributed by atoms with E-state index in [2.05, 4.69) is 38.1 Å². The van der Waals surface area contributed by atoms with E-state index >= 15 is 0 Å². The number of rotatable bonds is 3. The lowest BCUT2D eigenvalue weighted by Gasteiger charge is -2.31. The molecule has 2 atom stereocenters. The molecule has 114 valence electrons. The molecule has 3 rings (SSSR count). The lowest BCUT2D eigenvalue weighted by atomic mass is 9.86. The first kappa shape index (κ1) is 14.6. The molecular weight excluding hydrogens is 274 g/mol. The molecule has 2 aromatic rings. The van der Waals surface area contributed by atoms with Crippen molar-refractivity contribution in [3.8, 4) is 5.75 Å². The molecule has 3 nitrogen and oxygen atoms in total. The van der Waals surface area contributed by atoms with Gasteiger partial charge in [-0.1, -0.05) is 56.3 Å². The number of nitrogens with two attached hydrogens (primary N) is 1. The molecule has 0 radical (unpaired) electrons. The standard InChI is InChI=1S/C19H21NO2/c1-12(2)13-7-9-14(10-8-13)18-11-16(19(20)21)15-5-3-4-6-17(15)22-18/h3-10,12,16,18H,11H2,1-2H3,(H2,20,21). The highest BCUT2D eigenvalue weighted by atomic mass is 16.5. The molecule has 0 bridgehead atoms. The Morgan fingerprint density at radius 3 is 2.45 bits per heavy atom. The van der Waals surface area contributed by atoms with E-state index in [0.29, 0.717) is 12.3 Å². The minimum absolute atomic E-state index is 0.131. The van der Waals surface area contributed by atoms with Crippen LogP contribution >= 0.6 is 0 Å². The van der Waals surface area contributed by atoms with Crippen molar-refractivity contribution in [2.75, 3.05) is 0 Å². The Kier molecular flexibility index (Phi) is 3.88. The van der Waals surface area contributed by atoms with E-state index < -0.39 is 0 Å². The Labute approximate surface area is 131 Å². The zero-order chi connectivity index (χ0) is 15.7. The molecule has 3 heteroatoms. The first-order chi connectivity index (χ1) is 10.6. The zero-order valence-corrected chi connectivity index (χ0v) is 13.0. The summed E-state index contributed by atoms with van der Waals surface area (Å²) < 4.78 is 6.09. The van der Waals surface area contributed by atoms with Crippen LogP contribution in [0.2, 0.25) is 0 Å². The number of carbonyl (C=O) groups is 1. The molecule has 0 saturated carbocycles. The summed E-state index contributed by atoms with van der Waals surface area (Å²) in [6.45, 7) is 4.34. The van der Waals surface area contributed by atoms with Crippen molar-refractivity contribution < 1.29 is 9.53 Å². The Balaban J connectivity index is 1.92. The van der Waals surface area contributed by atoms with Crippen LogP contribution in [0.1, 0.15) is 54.9 Å². The molecule has 22 heavy (non-hydrogen) atoms. The highest BCUT2D eigenvalue weighted by molar-refractivity contribution is 5.83. The fourth-order valence-electron chi connectivity index (χ4n) is 2.99. The third kappa shape index (κ3) is 2.71. The molecule has 1 heterocycles. The second kappa shape index (κ2) is 5.84. The smallest absolute Gasteiger partial charge is 0.225 e. The average Bonchev–Trinajstić information content (AvgIpc) is 2.53. The number of para-hydroxylation sites is 1. The van der Waals surface area contributed by atoms with Crippen LogP contribution in [0.3, 0.4) is 0 Å². The minimum atomic E-state index is -0.292. The summed E-state index contributed by atoms with van der Waals surface area (Å²) in [6.07, 6.45) is 0.460. The van der Waals surface area contributed by atoms with Crippen LogP contribution in [-0.2, 0) is 4.79 Å². The fraction of sp³-hybridized carbons (Fsp3) is 0.316. The minimum Gasteiger partial charge on any atom is -0.485 e. The second-order valence-electron chi connectivity index (χ2n) is 6.16. The van der Waals surface area contributed by atoms with E-state index in [0.717, 1.165) is 16.9 Å². The second-order valence-corrected chi connectivity index (χ2v) is 6.16. The molecule has 0 aliphatic carbocycles. The van der Waals surface area contributed by atoms with Crippen molar-refractivity contribution in [1.82, 2.24) is 0 Å². The normalized spacial score (nSPS) is 20.3. The summed E-state index contributed by atoms with van der Waals surface area (Å²) in [7, 11) is 0. The van der Waals surface area contributed by atoms with Gasteiger partial charge in [0.25, 0.3) is 0 Å². The number of hydrogen-bond donors (Lipinski definition) is 1. The van der Waals surface area contributed by atoms with Gasteiger partial charge in [-0.3, -0.25) is 4.79 Å². The quantitative estimate of drug-likeness (QED) is 0.933. The van der Waals surface area contributed by atoms with Gasteiger partial charge < -0.3 is 10.5 Å². The number of benzene rings is 2. The molecule has 0 spiro atoms. The number of primary amides is 1. The van der Waals surface area contributed by atoms with Gasteiger partial charge in [-0.25, -0.2) is 0 Å². The molecule has 1 aliphatic rings. The predicted molar refractivity (Wildman–Crippen MR) is 86.9 cm³/mol. The van der Waals surface area contributed by atoms with E-state index in [1.807, 2.05) is 24.3 Å². The van der Waals surface area contributed by atoms with Crippen LogP contribution in [0.4, 0.5) is 0 Å². The molecule has 2 unspecified atom stereocenters. The molecule has 2 N–H and O–H groups in total. The van der Waals surface area contributed by atoms with E-state index in [9.17, 15) is 4.79 Å². The summed E-state index contributed by atoms with van der Waals surface area (Å²) in [6, 6.07) is 16.1. The van der Waals surface area contributed by atoms with Crippen LogP contribution < -0.4 is 10.5 Å². The van der Waals surface area contributed by atoms with Crippen molar-refractivity contribution >= 4 is 5.91 Å². The van der Waals surface area contributed by atoms with Crippen molar-refractivity contribution in [2.24, 2.45) is 5.73 Å². The van der Waals surface area contributed by atoms with Gasteiger partial charge in [0, 0.05) is 12.0 Å². The summed E-state index contributed by atoms with van der Waals surface area (Å²) in [5.41, 5.74) is 8.87. The topological polar surface area (TPSA) is 52.3 Å². The summed E-state index contributed by atoms with van der Waals surface area (Å²) in [5.74, 6) is 0.676. The van der Waals surface area contributed by atoms with Gasteiger partial charge >= 0.3 is 0 Å². The maximum Gasteiger partial charge on any atom is 0.225 e. The number of amides is 1. The molecule has 0 fully saturated rings. The molecule has 2 aromatic carbocycles. The average molecular weight is 295 g/mol. The Morgan fingerprint density at radius 2 is 1.82 bits per heavy atom. The summed E-state index contributed by atoms with van der Waals surface area (Å²) in [5, 5.41) is 0. The van der Waals surface area contributed by atoms with Crippen LogP contribution in [0.5, 0.6) is 5.75 Å². The van der Waals surface area contributed by atoms with Gasteiger partial charge in [0.15, 0.2) is 0 Å². The van der Waals surface area contributed by atoms with Crippen LogP contribution in [0, 0.1) is 0 Å². The van der Waals surface area contributed by atoms with E-state index in [4.69, 9.17) is 10.5 Å². The van der Waals surface area contributed by atoms with Gasteiger partial charge in [0.05, 0.1) is 5.92 Å². The molecule has 1 amide bonds. The summed E-state index contributed by atoms with van der Waals surface area (Å²) >= 11 is 0. The summed E-state index contributed by atoms with van der Waals surface area (Å²) in [4.78, 5) is 11.8. The van der Waals surface area contributed by atoms with Crippen LogP contribution in [0.15, 0.2) is 48.5 Å². The van der Waals surface area contributed by atoms with Gasteiger partial charge in [-0.15, -0.1) is 0 Å². The first-order valence-electron chi connectivity index (χ1n) is 7.71. The highest BCUT2D eigenvalue weighted by Gasteiger charge is 2.32. The van der Waals surface area contributed by atoms with Gasteiger partial charge in [0.2, 0.25) is 5.91 Å². The van der Waals surface area contributed by atoms with Crippen molar-refractivity contribution in [1.29, 1.82) is 0 Å². The number of ether oxygens (including phenoxy) is 1. The van der Waals surface area contributed by atoms with Crippen molar-refractivity contribution in [2.45, 2.75) is 38.2 Å². The van der Waals surface area contributed by atoms with E-state index in [-0.39, 0.29) is 17.9 Å². The van der Waals surface area contributed by atoms with Gasteiger partial charge in [-0.2, -0.15) is 0 Å². The van der Waals surface area contributed by atoms with Gasteiger partial charge in [-0.05, 0) is 23.1 Å². The van der Waals surface area contributed by atoms with Gasteiger partial charge in [0.1, 0.15) is 11.9 Å². The third-order valence-corrected chi connectivity index (χ3v) is 4.33. The fourth-order valence-corrected chi connectivity index (χ4v) is 2.99. The Morgan fingerprint density at radius 1 is 1.14 bits per heavy atom.